The molecular formula is C23H14FN3O3. The third kappa shape index (κ3) is 3.44. The molecule has 0 bridgehead atoms. The van der Waals surface area contributed by atoms with Gasteiger partial charge in [0, 0.05) is 23.0 Å². The molecule has 0 saturated heterocycles. The maximum atomic E-state index is 13.1. The van der Waals surface area contributed by atoms with E-state index in [9.17, 15) is 9.18 Å². The third-order valence-corrected chi connectivity index (χ3v) is 4.51. The Morgan fingerprint density at radius 1 is 0.867 bits per heavy atom. The van der Waals surface area contributed by atoms with E-state index in [0.717, 1.165) is 5.56 Å². The number of nitrogens with one attached hydrogen (secondary N) is 1. The first kappa shape index (κ1) is 17.8. The summed E-state index contributed by atoms with van der Waals surface area (Å²) in [7, 11) is 0. The van der Waals surface area contributed by atoms with Gasteiger partial charge < -0.3 is 14.2 Å². The second kappa shape index (κ2) is 7.29. The van der Waals surface area contributed by atoms with Crippen LogP contribution in [0, 0.1) is 5.82 Å². The summed E-state index contributed by atoms with van der Waals surface area (Å²) in [5, 5.41) is 2.78. The number of aromatic nitrogens is 2. The molecule has 6 nitrogen and oxygen atoms in total. The minimum atomic E-state index is -0.387. The maximum Gasteiger partial charge on any atom is 0.291 e. The van der Waals surface area contributed by atoms with Crippen LogP contribution in [0.5, 0.6) is 0 Å². The number of halogens is 1. The number of benzene rings is 2. The Morgan fingerprint density at radius 3 is 2.40 bits per heavy atom. The highest BCUT2D eigenvalue weighted by molar-refractivity contribution is 6.02. The van der Waals surface area contributed by atoms with Gasteiger partial charge in [0.15, 0.2) is 17.0 Å². The molecule has 0 aliphatic rings. The molecule has 1 amide bonds. The fraction of sp³-hybridized carbons (Fsp3) is 0. The van der Waals surface area contributed by atoms with Gasteiger partial charge in [0.1, 0.15) is 11.6 Å². The van der Waals surface area contributed by atoms with Crippen molar-refractivity contribution in [1.29, 1.82) is 0 Å². The van der Waals surface area contributed by atoms with Crippen LogP contribution in [0.1, 0.15) is 10.6 Å². The number of carbonyl (C=O) groups excluding carboxylic acids is 1. The van der Waals surface area contributed by atoms with Gasteiger partial charge in [0.05, 0.1) is 0 Å². The van der Waals surface area contributed by atoms with Crippen LogP contribution in [0.3, 0.4) is 0 Å². The first-order chi connectivity index (χ1) is 14.7. The molecule has 3 heterocycles. The van der Waals surface area contributed by atoms with Crippen molar-refractivity contribution in [2.75, 3.05) is 5.32 Å². The zero-order chi connectivity index (χ0) is 20.5. The Labute approximate surface area is 170 Å². The Kier molecular flexibility index (Phi) is 4.33. The molecule has 30 heavy (non-hydrogen) atoms. The van der Waals surface area contributed by atoms with Crippen LogP contribution in [0.15, 0.2) is 87.8 Å². The second-order valence-corrected chi connectivity index (χ2v) is 6.55. The van der Waals surface area contributed by atoms with Crippen molar-refractivity contribution < 1.29 is 18.0 Å². The summed E-state index contributed by atoms with van der Waals surface area (Å²) in [6.45, 7) is 0. The zero-order valence-corrected chi connectivity index (χ0v) is 15.5. The Morgan fingerprint density at radius 2 is 1.63 bits per heavy atom. The van der Waals surface area contributed by atoms with Crippen molar-refractivity contribution in [2.24, 2.45) is 0 Å². The lowest BCUT2D eigenvalue weighted by molar-refractivity contribution is 0.0997. The molecule has 3 aromatic heterocycles. The number of pyridine rings is 1. The van der Waals surface area contributed by atoms with E-state index in [2.05, 4.69) is 15.3 Å². The van der Waals surface area contributed by atoms with Gasteiger partial charge in [-0.1, -0.05) is 0 Å². The number of nitrogens with zero attached hydrogens (tertiary/aromatic N) is 2. The molecule has 0 atom stereocenters. The first-order valence-corrected chi connectivity index (χ1v) is 9.15. The second-order valence-electron chi connectivity index (χ2n) is 6.55. The van der Waals surface area contributed by atoms with Crippen LogP contribution in [-0.4, -0.2) is 15.9 Å². The van der Waals surface area contributed by atoms with Gasteiger partial charge in [0.2, 0.25) is 5.89 Å². The van der Waals surface area contributed by atoms with Crippen molar-refractivity contribution in [3.8, 4) is 22.8 Å². The van der Waals surface area contributed by atoms with Crippen molar-refractivity contribution >= 4 is 22.8 Å². The molecule has 7 heteroatoms. The molecule has 146 valence electrons. The van der Waals surface area contributed by atoms with Crippen LogP contribution in [0.25, 0.3) is 34.0 Å². The Balaban J connectivity index is 1.31. The summed E-state index contributed by atoms with van der Waals surface area (Å²) in [5.41, 5.74) is 3.20. The number of oxazole rings is 1. The van der Waals surface area contributed by atoms with Gasteiger partial charge in [-0.15, -0.1) is 0 Å². The fourth-order valence-electron chi connectivity index (χ4n) is 3.01. The molecule has 1 N–H and O–H groups in total. The van der Waals surface area contributed by atoms with E-state index in [4.69, 9.17) is 8.83 Å². The standard InChI is InChI=1S/C23H14FN3O3/c24-16-7-3-14(4-8-16)18-11-12-20(29-18)22(28)26-17-9-5-15(6-10-17)23-27-21-19(30-23)2-1-13-25-21/h1-13H,(H,26,28). The molecule has 0 unspecified atom stereocenters. The SMILES string of the molecule is O=C(Nc1ccc(-c2nc3ncccc3o2)cc1)c1ccc(-c2ccc(F)cc2)o1. The van der Waals surface area contributed by atoms with E-state index in [1.165, 1.54) is 12.1 Å². The lowest BCUT2D eigenvalue weighted by Crippen LogP contribution is -2.10. The lowest BCUT2D eigenvalue weighted by Gasteiger charge is -2.04. The van der Waals surface area contributed by atoms with Gasteiger partial charge >= 0.3 is 0 Å². The minimum absolute atomic E-state index is 0.156. The van der Waals surface area contributed by atoms with E-state index >= 15 is 0 Å². The predicted molar refractivity (Wildman–Crippen MR) is 109 cm³/mol. The van der Waals surface area contributed by atoms with E-state index in [1.54, 1.807) is 66.9 Å². The third-order valence-electron chi connectivity index (χ3n) is 4.51. The number of hydrogen-bond acceptors (Lipinski definition) is 5. The number of fused-ring (bicyclic) bond motifs is 1. The van der Waals surface area contributed by atoms with Crippen molar-refractivity contribution in [3.63, 3.8) is 0 Å². The quantitative estimate of drug-likeness (QED) is 0.429. The largest absolute Gasteiger partial charge is 0.451 e. The van der Waals surface area contributed by atoms with Crippen LogP contribution in [-0.2, 0) is 0 Å². The van der Waals surface area contributed by atoms with Crippen molar-refractivity contribution in [2.45, 2.75) is 0 Å². The maximum absolute atomic E-state index is 13.1. The lowest BCUT2D eigenvalue weighted by atomic mass is 10.2. The van der Waals surface area contributed by atoms with Gasteiger partial charge in [-0.05, 0) is 72.8 Å². The molecule has 0 saturated carbocycles. The molecule has 0 radical (unpaired) electrons. The normalized spacial score (nSPS) is 11.0. The molecule has 5 rings (SSSR count). The minimum Gasteiger partial charge on any atom is -0.451 e. The summed E-state index contributed by atoms with van der Waals surface area (Å²) in [5.74, 6) is 0.378. The van der Waals surface area contributed by atoms with Gasteiger partial charge in [-0.25, -0.2) is 9.37 Å². The van der Waals surface area contributed by atoms with Crippen LogP contribution in [0.4, 0.5) is 10.1 Å². The monoisotopic (exact) mass is 399 g/mol. The summed E-state index contributed by atoms with van der Waals surface area (Å²) >= 11 is 0. The highest BCUT2D eigenvalue weighted by atomic mass is 19.1. The molecular weight excluding hydrogens is 385 g/mol. The topological polar surface area (TPSA) is 81.2 Å². The van der Waals surface area contributed by atoms with Crippen molar-refractivity contribution in [1.82, 2.24) is 9.97 Å². The van der Waals surface area contributed by atoms with Crippen molar-refractivity contribution in [3.05, 3.63) is 90.6 Å². The number of hydrogen-bond donors (Lipinski definition) is 1. The van der Waals surface area contributed by atoms with Crippen LogP contribution >= 0.6 is 0 Å². The highest BCUT2D eigenvalue weighted by Gasteiger charge is 2.14. The zero-order valence-electron chi connectivity index (χ0n) is 15.5. The Hall–Kier alpha value is -4.26. The number of furan rings is 1. The van der Waals surface area contributed by atoms with E-state index in [0.29, 0.717) is 34.1 Å². The van der Waals surface area contributed by atoms with E-state index in [1.807, 2.05) is 0 Å². The average molecular weight is 399 g/mol. The number of amides is 1. The molecule has 0 aliphatic carbocycles. The number of carbonyl (C=O) groups is 1. The average Bonchev–Trinajstić information content (AvgIpc) is 3.42. The smallest absolute Gasteiger partial charge is 0.291 e. The molecule has 0 aliphatic heterocycles. The first-order valence-electron chi connectivity index (χ1n) is 9.15. The van der Waals surface area contributed by atoms with Crippen LogP contribution in [0.2, 0.25) is 0 Å². The van der Waals surface area contributed by atoms with Gasteiger partial charge in [0.25, 0.3) is 5.91 Å². The molecule has 0 spiro atoms. The number of anilines is 1. The number of rotatable bonds is 4. The Bertz CT molecular complexity index is 1310. The summed E-state index contributed by atoms with van der Waals surface area (Å²) in [4.78, 5) is 21.0. The van der Waals surface area contributed by atoms with E-state index < -0.39 is 0 Å². The predicted octanol–water partition coefficient (Wildman–Crippen LogP) is 5.54. The molecule has 5 aromatic rings. The summed E-state index contributed by atoms with van der Waals surface area (Å²) in [6, 6.07) is 19.8. The van der Waals surface area contributed by atoms with Crippen LogP contribution < -0.4 is 5.32 Å². The molecule has 2 aromatic carbocycles. The molecule has 0 fully saturated rings. The van der Waals surface area contributed by atoms with Gasteiger partial charge in [-0.3, -0.25) is 4.79 Å². The fourth-order valence-corrected chi connectivity index (χ4v) is 3.01. The highest BCUT2D eigenvalue weighted by Crippen LogP contribution is 2.25. The summed E-state index contributed by atoms with van der Waals surface area (Å²) < 4.78 is 24.4. The summed E-state index contributed by atoms with van der Waals surface area (Å²) in [6.07, 6.45) is 1.66. The van der Waals surface area contributed by atoms with E-state index in [-0.39, 0.29) is 17.5 Å². The van der Waals surface area contributed by atoms with Gasteiger partial charge in [-0.2, -0.15) is 4.98 Å².